The average molecular weight is 392 g/mol. The SMILES string of the molecule is CCOc1nc(C(=O)N2[C@H](C(N)=O)C[C@@H]3C[C@@H]32)c(-c2cccc(Cl)c2)s1. The number of piperidine rings is 1. The number of carbonyl (C=O) groups excluding carboxylic acids is 2. The first-order valence-electron chi connectivity index (χ1n) is 8.51. The molecule has 2 fully saturated rings. The molecule has 1 aromatic carbocycles. The lowest BCUT2D eigenvalue weighted by Gasteiger charge is -2.24. The van der Waals surface area contributed by atoms with Gasteiger partial charge in [-0.2, -0.15) is 4.98 Å². The van der Waals surface area contributed by atoms with Gasteiger partial charge in [-0.1, -0.05) is 35.1 Å². The minimum Gasteiger partial charge on any atom is -0.470 e. The Morgan fingerprint density at radius 1 is 1.42 bits per heavy atom. The number of rotatable bonds is 5. The van der Waals surface area contributed by atoms with Gasteiger partial charge in [-0.3, -0.25) is 9.59 Å². The van der Waals surface area contributed by atoms with Crippen LogP contribution in [0.1, 0.15) is 30.3 Å². The number of ether oxygens (including phenoxy) is 1. The predicted octanol–water partition coefficient (Wildman–Crippen LogP) is 2.95. The van der Waals surface area contributed by atoms with Crippen molar-refractivity contribution in [3.63, 3.8) is 0 Å². The van der Waals surface area contributed by atoms with Crippen LogP contribution in [0.2, 0.25) is 5.02 Å². The number of aromatic nitrogens is 1. The Labute approximate surface area is 159 Å². The van der Waals surface area contributed by atoms with Crippen molar-refractivity contribution in [1.29, 1.82) is 0 Å². The molecule has 0 spiro atoms. The Morgan fingerprint density at radius 2 is 2.23 bits per heavy atom. The van der Waals surface area contributed by atoms with Gasteiger partial charge in [-0.25, -0.2) is 0 Å². The minimum atomic E-state index is -0.560. The van der Waals surface area contributed by atoms with Crippen LogP contribution in [0.3, 0.4) is 0 Å². The summed E-state index contributed by atoms with van der Waals surface area (Å²) in [5.41, 5.74) is 6.60. The van der Waals surface area contributed by atoms with Gasteiger partial charge in [0.2, 0.25) is 5.91 Å². The number of hydrogen-bond donors (Lipinski definition) is 1. The first kappa shape index (κ1) is 17.3. The molecule has 6 nitrogen and oxygen atoms in total. The molecule has 3 atom stereocenters. The Balaban J connectivity index is 1.75. The molecule has 4 rings (SSSR count). The lowest BCUT2D eigenvalue weighted by molar-refractivity contribution is -0.122. The largest absolute Gasteiger partial charge is 0.470 e. The summed E-state index contributed by atoms with van der Waals surface area (Å²) in [5, 5.41) is 0.999. The Kier molecular flexibility index (Phi) is 4.36. The maximum atomic E-state index is 13.3. The van der Waals surface area contributed by atoms with Crippen molar-refractivity contribution < 1.29 is 14.3 Å². The summed E-state index contributed by atoms with van der Waals surface area (Å²) < 4.78 is 5.52. The van der Waals surface area contributed by atoms with Crippen LogP contribution >= 0.6 is 22.9 Å². The molecule has 0 unspecified atom stereocenters. The van der Waals surface area contributed by atoms with E-state index >= 15 is 0 Å². The van der Waals surface area contributed by atoms with Crippen molar-refractivity contribution in [2.45, 2.75) is 31.8 Å². The average Bonchev–Trinajstić information content (AvgIpc) is 3.07. The molecule has 1 aliphatic carbocycles. The third-order valence-electron chi connectivity index (χ3n) is 4.83. The smallest absolute Gasteiger partial charge is 0.275 e. The molecule has 1 saturated heterocycles. The molecular weight excluding hydrogens is 374 g/mol. The van der Waals surface area contributed by atoms with E-state index in [1.807, 2.05) is 19.1 Å². The summed E-state index contributed by atoms with van der Waals surface area (Å²) in [5.74, 6) is -0.359. The molecule has 0 bridgehead atoms. The third-order valence-corrected chi connectivity index (χ3v) is 6.08. The summed E-state index contributed by atoms with van der Waals surface area (Å²) in [6.45, 7) is 2.31. The predicted molar refractivity (Wildman–Crippen MR) is 99.4 cm³/mol. The molecule has 2 amide bonds. The minimum absolute atomic E-state index is 0.0875. The van der Waals surface area contributed by atoms with E-state index in [1.54, 1.807) is 17.0 Å². The van der Waals surface area contributed by atoms with Crippen LogP contribution in [0, 0.1) is 5.92 Å². The number of thiazole rings is 1. The van der Waals surface area contributed by atoms with Crippen LogP contribution < -0.4 is 10.5 Å². The highest BCUT2D eigenvalue weighted by Crippen LogP contribution is 2.49. The molecule has 1 aliphatic heterocycles. The fraction of sp³-hybridized carbons (Fsp3) is 0.389. The first-order chi connectivity index (χ1) is 12.5. The van der Waals surface area contributed by atoms with Gasteiger partial charge >= 0.3 is 0 Å². The topological polar surface area (TPSA) is 85.5 Å². The highest BCUT2D eigenvalue weighted by atomic mass is 35.5. The van der Waals surface area contributed by atoms with Crippen molar-refractivity contribution in [3.8, 4) is 15.6 Å². The second-order valence-corrected chi connectivity index (χ2v) is 7.93. The number of halogens is 1. The van der Waals surface area contributed by atoms with E-state index in [0.717, 1.165) is 12.0 Å². The van der Waals surface area contributed by atoms with Crippen molar-refractivity contribution in [1.82, 2.24) is 9.88 Å². The zero-order valence-corrected chi connectivity index (χ0v) is 15.7. The highest BCUT2D eigenvalue weighted by Gasteiger charge is 2.56. The second-order valence-electron chi connectivity index (χ2n) is 6.53. The molecular formula is C18H18ClN3O3S. The molecule has 2 heterocycles. The van der Waals surface area contributed by atoms with Gasteiger partial charge in [-0.15, -0.1) is 0 Å². The summed E-state index contributed by atoms with van der Waals surface area (Å²) >= 11 is 7.41. The van der Waals surface area contributed by atoms with Gasteiger partial charge in [0.1, 0.15) is 6.04 Å². The monoisotopic (exact) mass is 391 g/mol. The summed E-state index contributed by atoms with van der Waals surface area (Å²) in [4.78, 5) is 31.8. The van der Waals surface area contributed by atoms with E-state index in [9.17, 15) is 9.59 Å². The van der Waals surface area contributed by atoms with E-state index in [0.29, 0.717) is 39.7 Å². The number of carbonyl (C=O) groups is 2. The maximum absolute atomic E-state index is 13.3. The van der Waals surface area contributed by atoms with Gasteiger partial charge in [0, 0.05) is 11.1 Å². The van der Waals surface area contributed by atoms with E-state index in [-0.39, 0.29) is 11.9 Å². The van der Waals surface area contributed by atoms with Crippen molar-refractivity contribution in [3.05, 3.63) is 35.0 Å². The number of likely N-dealkylation sites (tertiary alicyclic amines) is 1. The lowest BCUT2D eigenvalue weighted by Crippen LogP contribution is -2.46. The van der Waals surface area contributed by atoms with E-state index in [4.69, 9.17) is 22.1 Å². The number of primary amides is 1. The van der Waals surface area contributed by atoms with Gasteiger partial charge < -0.3 is 15.4 Å². The van der Waals surface area contributed by atoms with Gasteiger partial charge in [0.25, 0.3) is 11.1 Å². The molecule has 2 aromatic rings. The zero-order chi connectivity index (χ0) is 18.4. The van der Waals surface area contributed by atoms with Gasteiger partial charge in [0.05, 0.1) is 11.5 Å². The molecule has 2 N–H and O–H groups in total. The quantitative estimate of drug-likeness (QED) is 0.849. The molecule has 2 aliphatic rings. The van der Waals surface area contributed by atoms with E-state index < -0.39 is 11.9 Å². The zero-order valence-electron chi connectivity index (χ0n) is 14.1. The number of nitrogens with zero attached hydrogens (tertiary/aromatic N) is 2. The van der Waals surface area contributed by atoms with Crippen molar-refractivity contribution >= 4 is 34.8 Å². The normalized spacial score (nSPS) is 23.6. The first-order valence-corrected chi connectivity index (χ1v) is 9.70. The summed E-state index contributed by atoms with van der Waals surface area (Å²) in [7, 11) is 0. The van der Waals surface area contributed by atoms with Crippen LogP contribution in [0.5, 0.6) is 5.19 Å². The summed E-state index contributed by atoms with van der Waals surface area (Å²) in [6.07, 6.45) is 1.56. The molecule has 8 heteroatoms. The van der Waals surface area contributed by atoms with Gasteiger partial charge in [-0.05, 0) is 43.4 Å². The van der Waals surface area contributed by atoms with Gasteiger partial charge in [0.15, 0.2) is 5.69 Å². The molecule has 0 radical (unpaired) electrons. The maximum Gasteiger partial charge on any atom is 0.275 e. The highest BCUT2D eigenvalue weighted by molar-refractivity contribution is 7.17. The second kappa shape index (κ2) is 6.55. The fourth-order valence-electron chi connectivity index (χ4n) is 3.58. The van der Waals surface area contributed by atoms with E-state index in [1.165, 1.54) is 11.3 Å². The van der Waals surface area contributed by atoms with Crippen molar-refractivity contribution in [2.75, 3.05) is 6.61 Å². The van der Waals surface area contributed by atoms with Crippen LogP contribution in [0.15, 0.2) is 24.3 Å². The Bertz CT molecular complexity index is 884. The summed E-state index contributed by atoms with van der Waals surface area (Å²) in [6, 6.07) is 6.79. The molecule has 26 heavy (non-hydrogen) atoms. The number of nitrogens with two attached hydrogens (primary N) is 1. The molecule has 1 saturated carbocycles. The van der Waals surface area contributed by atoms with Crippen LogP contribution in [0.25, 0.3) is 10.4 Å². The third kappa shape index (κ3) is 2.95. The van der Waals surface area contributed by atoms with Crippen LogP contribution in [-0.2, 0) is 4.79 Å². The number of benzene rings is 1. The molecule has 136 valence electrons. The van der Waals surface area contributed by atoms with Crippen LogP contribution in [0.4, 0.5) is 0 Å². The Hall–Kier alpha value is -2.12. The Morgan fingerprint density at radius 3 is 2.92 bits per heavy atom. The number of amides is 2. The standard InChI is InChI=1S/C18H18ClN3O3S/c1-2-25-18-21-14(15(26-18)9-4-3-5-11(19)6-9)17(24)22-12-7-10(12)8-13(22)16(20)23/h3-6,10,12-13H,2,7-8H2,1H3,(H2,20,23)/t10-,12-,13-/m0/s1. The van der Waals surface area contributed by atoms with Crippen molar-refractivity contribution in [2.24, 2.45) is 11.7 Å². The number of hydrogen-bond acceptors (Lipinski definition) is 5. The van der Waals surface area contributed by atoms with E-state index in [2.05, 4.69) is 4.98 Å². The van der Waals surface area contributed by atoms with Crippen LogP contribution in [-0.4, -0.2) is 40.4 Å². The number of fused-ring (bicyclic) bond motifs is 1. The lowest BCUT2D eigenvalue weighted by atomic mass is 10.1. The molecule has 1 aromatic heterocycles. The fourth-order valence-corrected chi connectivity index (χ4v) is 4.73.